The maximum absolute atomic E-state index is 5.79. The lowest BCUT2D eigenvalue weighted by atomic mass is 10.1. The number of nitrogens with two attached hydrogens (primary N) is 1. The predicted molar refractivity (Wildman–Crippen MR) is 59.5 cm³/mol. The van der Waals surface area contributed by atoms with Crippen molar-refractivity contribution in [2.75, 3.05) is 6.61 Å². The fourth-order valence-electron chi connectivity index (χ4n) is 1.16. The Kier molecular flexibility index (Phi) is 4.50. The molecular weight excluding hydrogens is 198 g/mol. The van der Waals surface area contributed by atoms with Gasteiger partial charge in [-0.25, -0.2) is 0 Å². The van der Waals surface area contributed by atoms with E-state index in [1.165, 1.54) is 5.54 Å². The first-order chi connectivity index (χ1) is 6.75. The number of rotatable bonds is 4. The van der Waals surface area contributed by atoms with Gasteiger partial charge in [-0.05, 0) is 19.1 Å². The van der Waals surface area contributed by atoms with Gasteiger partial charge >= 0.3 is 0 Å². The van der Waals surface area contributed by atoms with Crippen LogP contribution in [0, 0.1) is 0 Å². The van der Waals surface area contributed by atoms with Crippen LogP contribution in [-0.2, 0) is 0 Å². The Bertz CT molecular complexity index is 310. The van der Waals surface area contributed by atoms with Gasteiger partial charge in [0, 0.05) is 17.1 Å². The van der Waals surface area contributed by atoms with Crippen molar-refractivity contribution in [2.24, 2.45) is 5.73 Å². The number of ether oxygens (including phenoxy) is 1. The van der Waals surface area contributed by atoms with E-state index >= 15 is 0 Å². The van der Waals surface area contributed by atoms with Gasteiger partial charge in [0.25, 0.3) is 0 Å². The van der Waals surface area contributed by atoms with Crippen molar-refractivity contribution < 1.29 is 4.74 Å². The summed E-state index contributed by atoms with van der Waals surface area (Å²) in [6.45, 7) is 2.40. The van der Waals surface area contributed by atoms with Gasteiger partial charge in [0.2, 0.25) is 0 Å². The molecule has 0 radical (unpaired) electrons. The van der Waals surface area contributed by atoms with Crippen LogP contribution in [0.25, 0.3) is 0 Å². The Morgan fingerprint density at radius 2 is 2.21 bits per heavy atom. The quantitative estimate of drug-likeness (QED) is 0.831. The number of hydrogen-bond acceptors (Lipinski definition) is 2. The van der Waals surface area contributed by atoms with Gasteiger partial charge in [-0.1, -0.05) is 29.8 Å². The monoisotopic (exact) mass is 211 g/mol. The molecule has 0 bridgehead atoms. The van der Waals surface area contributed by atoms with Gasteiger partial charge in [-0.2, -0.15) is 0 Å². The highest BCUT2D eigenvalue weighted by Gasteiger charge is 2.05. The number of hydrogen-bond donors (Lipinski definition) is 1. The molecule has 0 fully saturated rings. The minimum absolute atomic E-state index is 0.0221. The van der Waals surface area contributed by atoms with Crippen molar-refractivity contribution in [2.45, 2.75) is 13.0 Å². The zero-order valence-electron chi connectivity index (χ0n) is 8.11. The molecule has 0 unspecified atom stereocenters. The van der Waals surface area contributed by atoms with Crippen LogP contribution >= 0.6 is 11.6 Å². The predicted octanol–water partition coefficient (Wildman–Crippen LogP) is 2.84. The Morgan fingerprint density at radius 1 is 1.50 bits per heavy atom. The summed E-state index contributed by atoms with van der Waals surface area (Å²) in [5.74, 6) is 0.817. The molecule has 76 valence electrons. The molecule has 0 aromatic heterocycles. The summed E-state index contributed by atoms with van der Waals surface area (Å²) in [6.07, 6.45) is 1.74. The van der Waals surface area contributed by atoms with E-state index < -0.39 is 0 Å². The summed E-state index contributed by atoms with van der Waals surface area (Å²) in [6, 6.07) is 7.71. The molecule has 1 aromatic rings. The summed E-state index contributed by atoms with van der Waals surface area (Å²) < 4.78 is 5.49. The number of halogens is 1. The Labute approximate surface area is 89.3 Å². The van der Waals surface area contributed by atoms with Gasteiger partial charge in [-0.3, -0.25) is 0 Å². The third-order valence-electron chi connectivity index (χ3n) is 1.83. The van der Waals surface area contributed by atoms with Crippen molar-refractivity contribution in [3.05, 3.63) is 41.4 Å². The van der Waals surface area contributed by atoms with Gasteiger partial charge in [-0.15, -0.1) is 0 Å². The van der Waals surface area contributed by atoms with Crippen LogP contribution in [0.4, 0.5) is 0 Å². The molecule has 2 nitrogen and oxygen atoms in total. The minimum atomic E-state index is -0.0221. The molecule has 0 aliphatic rings. The van der Waals surface area contributed by atoms with Gasteiger partial charge < -0.3 is 10.5 Å². The summed E-state index contributed by atoms with van der Waals surface area (Å²) in [5.41, 5.74) is 8.24. The van der Waals surface area contributed by atoms with Crippen LogP contribution in [0.3, 0.4) is 0 Å². The van der Waals surface area contributed by atoms with Crippen LogP contribution in [0.1, 0.15) is 18.5 Å². The van der Waals surface area contributed by atoms with Crippen molar-refractivity contribution in [3.63, 3.8) is 0 Å². The van der Waals surface area contributed by atoms with E-state index in [2.05, 4.69) is 0 Å². The van der Waals surface area contributed by atoms with Crippen LogP contribution in [-0.4, -0.2) is 6.61 Å². The molecule has 0 amide bonds. The average molecular weight is 212 g/mol. The summed E-state index contributed by atoms with van der Waals surface area (Å²) in [5, 5.41) is 0. The van der Waals surface area contributed by atoms with E-state index in [4.69, 9.17) is 22.1 Å². The molecule has 2 N–H and O–H groups in total. The molecule has 0 aliphatic heterocycles. The SMILES string of the molecule is C[C@H](N)c1ccccc1OCC=CCl. The van der Waals surface area contributed by atoms with E-state index in [1.807, 2.05) is 31.2 Å². The van der Waals surface area contributed by atoms with Crippen LogP contribution in [0.15, 0.2) is 35.9 Å². The van der Waals surface area contributed by atoms with E-state index in [0.29, 0.717) is 6.61 Å². The minimum Gasteiger partial charge on any atom is -0.489 e. The van der Waals surface area contributed by atoms with Gasteiger partial charge in [0.15, 0.2) is 0 Å². The first-order valence-electron chi connectivity index (χ1n) is 4.48. The summed E-state index contributed by atoms with van der Waals surface area (Å²) in [7, 11) is 0. The molecule has 3 heteroatoms. The molecule has 1 rings (SSSR count). The number of benzene rings is 1. The lowest BCUT2D eigenvalue weighted by molar-refractivity contribution is 0.357. The zero-order valence-corrected chi connectivity index (χ0v) is 8.87. The van der Waals surface area contributed by atoms with Crippen molar-refractivity contribution >= 4 is 11.6 Å². The second-order valence-corrected chi connectivity index (χ2v) is 3.25. The van der Waals surface area contributed by atoms with Crippen LogP contribution < -0.4 is 10.5 Å². The summed E-state index contributed by atoms with van der Waals surface area (Å²) in [4.78, 5) is 0. The van der Waals surface area contributed by atoms with E-state index in [9.17, 15) is 0 Å². The highest BCUT2D eigenvalue weighted by atomic mass is 35.5. The molecule has 14 heavy (non-hydrogen) atoms. The normalized spacial score (nSPS) is 13.1. The molecule has 0 heterocycles. The smallest absolute Gasteiger partial charge is 0.124 e. The fourth-order valence-corrected chi connectivity index (χ4v) is 1.24. The maximum atomic E-state index is 5.79. The first-order valence-corrected chi connectivity index (χ1v) is 4.92. The molecule has 0 saturated heterocycles. The largest absolute Gasteiger partial charge is 0.489 e. The second kappa shape index (κ2) is 5.68. The highest BCUT2D eigenvalue weighted by Crippen LogP contribution is 2.22. The molecule has 0 saturated carbocycles. The van der Waals surface area contributed by atoms with E-state index in [-0.39, 0.29) is 6.04 Å². The van der Waals surface area contributed by atoms with E-state index in [1.54, 1.807) is 6.08 Å². The van der Waals surface area contributed by atoms with Crippen LogP contribution in [0.2, 0.25) is 0 Å². The molecule has 0 aliphatic carbocycles. The van der Waals surface area contributed by atoms with Crippen molar-refractivity contribution in [1.82, 2.24) is 0 Å². The van der Waals surface area contributed by atoms with Gasteiger partial charge in [0.05, 0.1) is 0 Å². The Balaban J connectivity index is 2.74. The molecule has 1 aromatic carbocycles. The third-order valence-corrected chi connectivity index (χ3v) is 2.01. The molecular formula is C11H14ClNO. The van der Waals surface area contributed by atoms with Crippen LogP contribution in [0.5, 0.6) is 5.75 Å². The maximum Gasteiger partial charge on any atom is 0.124 e. The van der Waals surface area contributed by atoms with Gasteiger partial charge in [0.1, 0.15) is 12.4 Å². The molecule has 0 spiro atoms. The lowest BCUT2D eigenvalue weighted by Crippen LogP contribution is -2.07. The lowest BCUT2D eigenvalue weighted by Gasteiger charge is -2.12. The number of para-hydroxylation sites is 1. The highest BCUT2D eigenvalue weighted by molar-refractivity contribution is 6.25. The standard InChI is InChI=1S/C11H14ClNO/c1-9(13)10-5-2-3-6-11(10)14-8-4-7-12/h2-7,9H,8,13H2,1H3/t9-/m0/s1. The fraction of sp³-hybridized carbons (Fsp3) is 0.273. The Morgan fingerprint density at radius 3 is 2.86 bits per heavy atom. The molecule has 1 atom stereocenters. The van der Waals surface area contributed by atoms with Crippen molar-refractivity contribution in [1.29, 1.82) is 0 Å². The summed E-state index contributed by atoms with van der Waals surface area (Å²) >= 11 is 5.38. The zero-order chi connectivity index (χ0) is 10.4. The average Bonchev–Trinajstić information content (AvgIpc) is 2.19. The second-order valence-electron chi connectivity index (χ2n) is 3.00. The van der Waals surface area contributed by atoms with Crippen molar-refractivity contribution in [3.8, 4) is 5.75 Å². The Hall–Kier alpha value is -0.990. The van der Waals surface area contributed by atoms with E-state index in [0.717, 1.165) is 11.3 Å². The third kappa shape index (κ3) is 3.05. The topological polar surface area (TPSA) is 35.2 Å². The first kappa shape index (κ1) is 11.1.